The highest BCUT2D eigenvalue weighted by molar-refractivity contribution is 5.77. The molecule has 0 fully saturated rings. The van der Waals surface area contributed by atoms with Gasteiger partial charge in [0, 0.05) is 51.4 Å². The van der Waals surface area contributed by atoms with Crippen LogP contribution < -0.4 is 4.74 Å². The number of methoxy groups -OCH3 is 2. The van der Waals surface area contributed by atoms with E-state index < -0.39 is 11.6 Å². The second-order valence-corrected chi connectivity index (χ2v) is 11.6. The topological polar surface area (TPSA) is 27.7 Å². The predicted octanol–water partition coefficient (Wildman–Crippen LogP) is 10.6. The molecular weight excluding hydrogens is 590 g/mol. The molecule has 0 spiro atoms. The van der Waals surface area contributed by atoms with Gasteiger partial charge in [0.25, 0.3) is 0 Å². The number of unbranched alkanes of at least 4 members (excludes halogenated alkanes) is 4. The summed E-state index contributed by atoms with van der Waals surface area (Å²) < 4.78 is 47.2. The van der Waals surface area contributed by atoms with Gasteiger partial charge >= 0.3 is 0 Å². The number of aryl methyl sites for hydroxylation is 1. The van der Waals surface area contributed by atoms with Crippen LogP contribution in [0.5, 0.6) is 5.75 Å². The Kier molecular flexibility index (Phi) is 14.7. The van der Waals surface area contributed by atoms with Crippen LogP contribution in [-0.2, 0) is 22.3 Å². The smallest absolute Gasteiger partial charge is 0.167 e. The second kappa shape index (κ2) is 19.4. The first-order chi connectivity index (χ1) is 23.0. The van der Waals surface area contributed by atoms with Gasteiger partial charge in [0.15, 0.2) is 11.6 Å². The molecule has 0 saturated heterocycles. The van der Waals surface area contributed by atoms with Crippen molar-refractivity contribution in [1.82, 2.24) is 0 Å². The highest BCUT2D eigenvalue weighted by atomic mass is 19.2. The number of benzene rings is 4. The van der Waals surface area contributed by atoms with Crippen LogP contribution in [0.3, 0.4) is 0 Å². The molecule has 0 amide bonds. The standard InChI is InChI=1S/C42H46F2O3/c1-4-5-13-36-31-34(15-14-33-18-23-37(24-19-33)47-30-11-29-46-3)20-25-38(36)40-27-26-39(41(43)42(40)44)35-21-16-32(17-22-35)12-9-7-6-8-10-28-45-2/h14-27,31H,6-13,28-30H2,1-3H3/b15-14+. The summed E-state index contributed by atoms with van der Waals surface area (Å²) in [5, 5.41) is 0. The van der Waals surface area contributed by atoms with Crippen LogP contribution in [0.1, 0.15) is 67.7 Å². The van der Waals surface area contributed by atoms with E-state index in [9.17, 15) is 0 Å². The lowest BCUT2D eigenvalue weighted by molar-refractivity contribution is 0.172. The summed E-state index contributed by atoms with van der Waals surface area (Å²) in [6.07, 6.45) is 12.0. The minimum atomic E-state index is -0.849. The van der Waals surface area contributed by atoms with Gasteiger partial charge in [0.1, 0.15) is 5.75 Å². The average molecular weight is 637 g/mol. The highest BCUT2D eigenvalue weighted by Crippen LogP contribution is 2.34. The Morgan fingerprint density at radius 2 is 1.23 bits per heavy atom. The van der Waals surface area contributed by atoms with Gasteiger partial charge in [-0.25, -0.2) is 8.78 Å². The number of hydrogen-bond acceptors (Lipinski definition) is 3. The van der Waals surface area contributed by atoms with Gasteiger partial charge in [0.05, 0.1) is 6.61 Å². The highest BCUT2D eigenvalue weighted by Gasteiger charge is 2.18. The second-order valence-electron chi connectivity index (χ2n) is 11.6. The third-order valence-electron chi connectivity index (χ3n) is 8.15. The van der Waals surface area contributed by atoms with Crippen LogP contribution in [0.25, 0.3) is 34.4 Å². The van der Waals surface area contributed by atoms with E-state index in [1.54, 1.807) is 33.3 Å². The van der Waals surface area contributed by atoms with Crippen molar-refractivity contribution in [2.75, 3.05) is 34.0 Å². The molecule has 0 aliphatic carbocycles. The summed E-state index contributed by atoms with van der Waals surface area (Å²) in [6.45, 7) is 3.88. The van der Waals surface area contributed by atoms with Crippen LogP contribution in [0.4, 0.5) is 8.78 Å². The van der Waals surface area contributed by atoms with Crippen molar-refractivity contribution in [2.45, 2.75) is 58.3 Å². The Balaban J connectivity index is 1.45. The van der Waals surface area contributed by atoms with E-state index in [-0.39, 0.29) is 11.1 Å². The molecule has 0 aliphatic rings. The lowest BCUT2D eigenvalue weighted by Crippen LogP contribution is -2.01. The maximum atomic E-state index is 15.7. The first-order valence-electron chi connectivity index (χ1n) is 16.5. The van der Waals surface area contributed by atoms with Crippen LogP contribution in [-0.4, -0.2) is 34.0 Å². The van der Waals surface area contributed by atoms with Crippen molar-refractivity contribution in [3.05, 3.63) is 113 Å². The minimum absolute atomic E-state index is 0.234. The van der Waals surface area contributed by atoms with E-state index in [0.29, 0.717) is 30.8 Å². The van der Waals surface area contributed by atoms with Crippen molar-refractivity contribution in [1.29, 1.82) is 0 Å². The number of ether oxygens (including phenoxy) is 3. The van der Waals surface area contributed by atoms with E-state index in [1.165, 1.54) is 24.8 Å². The molecule has 246 valence electrons. The van der Waals surface area contributed by atoms with Crippen LogP contribution in [0, 0.1) is 23.5 Å². The molecule has 0 bridgehead atoms. The normalized spacial score (nSPS) is 11.1. The van der Waals surface area contributed by atoms with Gasteiger partial charge in [0.2, 0.25) is 0 Å². The molecule has 0 unspecified atom stereocenters. The molecule has 4 rings (SSSR count). The first-order valence-corrected chi connectivity index (χ1v) is 16.5. The molecule has 3 nitrogen and oxygen atoms in total. The lowest BCUT2D eigenvalue weighted by atomic mass is 9.92. The van der Waals surface area contributed by atoms with Crippen molar-refractivity contribution >= 4 is 12.2 Å². The Hall–Kier alpha value is -4.24. The quantitative estimate of drug-likeness (QED) is 0.0618. The van der Waals surface area contributed by atoms with Crippen molar-refractivity contribution in [3.8, 4) is 39.8 Å². The van der Waals surface area contributed by atoms with Gasteiger partial charge in [-0.3, -0.25) is 0 Å². The fourth-order valence-corrected chi connectivity index (χ4v) is 5.51. The Morgan fingerprint density at radius 3 is 1.98 bits per heavy atom. The SMILES string of the molecule is CC#CCc1cc(/C=C/c2ccc(OCCCOC)cc2)ccc1-c1ccc(-c2ccc(CCCCCCCOC)cc2)c(F)c1F. The minimum Gasteiger partial charge on any atom is -0.494 e. The summed E-state index contributed by atoms with van der Waals surface area (Å²) in [5.41, 5.74) is 5.83. The van der Waals surface area contributed by atoms with Gasteiger partial charge < -0.3 is 14.2 Å². The van der Waals surface area contributed by atoms with E-state index in [1.807, 2.05) is 78.9 Å². The van der Waals surface area contributed by atoms with Crippen LogP contribution >= 0.6 is 0 Å². The largest absolute Gasteiger partial charge is 0.494 e. The first kappa shape index (κ1) is 35.6. The number of halogens is 2. The number of hydrogen-bond donors (Lipinski definition) is 0. The molecule has 0 atom stereocenters. The van der Waals surface area contributed by atoms with E-state index in [2.05, 4.69) is 11.8 Å². The molecule has 0 heterocycles. The van der Waals surface area contributed by atoms with Crippen LogP contribution in [0.2, 0.25) is 0 Å². The average Bonchev–Trinajstić information content (AvgIpc) is 3.10. The maximum Gasteiger partial charge on any atom is 0.167 e. The summed E-state index contributed by atoms with van der Waals surface area (Å²) >= 11 is 0. The Morgan fingerprint density at radius 1 is 0.617 bits per heavy atom. The number of rotatable bonds is 18. The molecule has 4 aromatic carbocycles. The zero-order chi connectivity index (χ0) is 33.3. The maximum absolute atomic E-state index is 15.7. The van der Waals surface area contributed by atoms with E-state index in [4.69, 9.17) is 14.2 Å². The molecule has 0 N–H and O–H groups in total. The third-order valence-corrected chi connectivity index (χ3v) is 8.15. The Bertz CT molecular complexity index is 1630. The monoisotopic (exact) mass is 636 g/mol. The Labute approximate surface area is 279 Å². The molecule has 0 saturated carbocycles. The molecular formula is C42H46F2O3. The summed E-state index contributed by atoms with van der Waals surface area (Å²) in [4.78, 5) is 0. The van der Waals surface area contributed by atoms with Crippen molar-refractivity contribution in [3.63, 3.8) is 0 Å². The lowest BCUT2D eigenvalue weighted by Gasteiger charge is -2.13. The van der Waals surface area contributed by atoms with E-state index in [0.717, 1.165) is 54.7 Å². The van der Waals surface area contributed by atoms with Gasteiger partial charge in [-0.1, -0.05) is 104 Å². The fraction of sp³-hybridized carbons (Fsp3) is 0.333. The van der Waals surface area contributed by atoms with Gasteiger partial charge in [-0.05, 0) is 71.7 Å². The zero-order valence-electron chi connectivity index (χ0n) is 27.9. The van der Waals surface area contributed by atoms with Crippen molar-refractivity contribution < 1.29 is 23.0 Å². The van der Waals surface area contributed by atoms with Gasteiger partial charge in [-0.2, -0.15) is 0 Å². The molecule has 0 radical (unpaired) electrons. The fourth-order valence-electron chi connectivity index (χ4n) is 5.51. The summed E-state index contributed by atoms with van der Waals surface area (Å²) in [7, 11) is 3.42. The summed E-state index contributed by atoms with van der Waals surface area (Å²) in [5.74, 6) is 5.15. The molecule has 0 aromatic heterocycles. The predicted molar refractivity (Wildman–Crippen MR) is 190 cm³/mol. The molecule has 47 heavy (non-hydrogen) atoms. The van der Waals surface area contributed by atoms with Crippen molar-refractivity contribution in [2.24, 2.45) is 0 Å². The third kappa shape index (κ3) is 10.9. The summed E-state index contributed by atoms with van der Waals surface area (Å²) in [6, 6.07) is 24.8. The molecule has 0 aliphatic heterocycles. The van der Waals surface area contributed by atoms with E-state index >= 15 is 8.78 Å². The van der Waals surface area contributed by atoms with Crippen LogP contribution in [0.15, 0.2) is 78.9 Å². The molecule has 5 heteroatoms. The van der Waals surface area contributed by atoms with Gasteiger partial charge in [-0.15, -0.1) is 5.92 Å². The zero-order valence-corrected chi connectivity index (χ0v) is 27.9. The molecule has 4 aromatic rings.